The molecule has 0 fully saturated rings. The lowest BCUT2D eigenvalue weighted by molar-refractivity contribution is -0.127. The number of rotatable bonds is 10. The monoisotopic (exact) mass is 336 g/mol. The lowest BCUT2D eigenvalue weighted by Crippen LogP contribution is -2.40. The molecule has 0 radical (unpaired) electrons. The largest absolute Gasteiger partial charge is 0.467 e. The van der Waals surface area contributed by atoms with Crippen LogP contribution >= 0.6 is 0 Å². The number of carbonyl (C=O) groups is 1. The first-order chi connectivity index (χ1) is 11.6. The molecule has 0 spiro atoms. The van der Waals surface area contributed by atoms with Gasteiger partial charge in [0.05, 0.1) is 12.8 Å². The summed E-state index contributed by atoms with van der Waals surface area (Å²) in [6.07, 6.45) is 6.45. The summed E-state index contributed by atoms with van der Waals surface area (Å²) in [7, 11) is 3.47. The first kappa shape index (κ1) is 20.1. The van der Waals surface area contributed by atoms with Crippen LogP contribution in [0.1, 0.15) is 45.3 Å². The summed E-state index contributed by atoms with van der Waals surface area (Å²) in [6, 6.07) is 3.76. The predicted molar refractivity (Wildman–Crippen MR) is 97.9 cm³/mol. The van der Waals surface area contributed by atoms with Gasteiger partial charge in [-0.3, -0.25) is 4.79 Å². The van der Waals surface area contributed by atoms with Gasteiger partial charge in [0.25, 0.3) is 0 Å². The average molecular weight is 336 g/mol. The summed E-state index contributed by atoms with van der Waals surface area (Å²) in [6.45, 7) is 5.96. The van der Waals surface area contributed by atoms with Crippen molar-refractivity contribution in [2.45, 2.75) is 46.1 Å². The maximum Gasteiger partial charge on any atom is 0.243 e. The van der Waals surface area contributed by atoms with Gasteiger partial charge < -0.3 is 20.0 Å². The minimum Gasteiger partial charge on any atom is -0.467 e. The number of likely N-dealkylation sites (N-methyl/N-ethyl adjacent to an activating group) is 1. The molecule has 136 valence electrons. The summed E-state index contributed by atoms with van der Waals surface area (Å²) in [5, 5.41) is 6.59. The van der Waals surface area contributed by atoms with E-state index < -0.39 is 0 Å². The Morgan fingerprint density at radius 3 is 2.71 bits per heavy atom. The molecular formula is C18H32N4O2. The third-order valence-electron chi connectivity index (χ3n) is 3.98. The minimum absolute atomic E-state index is 0.0212. The second-order valence-corrected chi connectivity index (χ2v) is 6.18. The summed E-state index contributed by atoms with van der Waals surface area (Å²) < 4.78 is 5.33. The summed E-state index contributed by atoms with van der Waals surface area (Å²) in [5.74, 6) is 2.08. The van der Waals surface area contributed by atoms with Crippen molar-refractivity contribution >= 4 is 11.9 Å². The first-order valence-electron chi connectivity index (χ1n) is 8.81. The van der Waals surface area contributed by atoms with Gasteiger partial charge in [0.1, 0.15) is 12.3 Å². The molecule has 1 aromatic heterocycles. The molecule has 0 saturated carbocycles. The molecule has 0 aliphatic rings. The van der Waals surface area contributed by atoms with Gasteiger partial charge in [0.2, 0.25) is 5.91 Å². The fraction of sp³-hybridized carbons (Fsp3) is 0.667. The van der Waals surface area contributed by atoms with Crippen LogP contribution in [-0.2, 0) is 11.3 Å². The molecule has 1 atom stereocenters. The van der Waals surface area contributed by atoms with E-state index in [1.807, 2.05) is 12.1 Å². The van der Waals surface area contributed by atoms with E-state index in [0.29, 0.717) is 18.4 Å². The van der Waals surface area contributed by atoms with Crippen LogP contribution in [0, 0.1) is 5.92 Å². The molecule has 0 aromatic carbocycles. The highest BCUT2D eigenvalue weighted by atomic mass is 16.3. The highest BCUT2D eigenvalue weighted by Gasteiger charge is 2.09. The molecule has 1 amide bonds. The number of furan rings is 1. The molecule has 0 saturated heterocycles. The van der Waals surface area contributed by atoms with Crippen LogP contribution in [0.4, 0.5) is 0 Å². The van der Waals surface area contributed by atoms with E-state index >= 15 is 0 Å². The second-order valence-electron chi connectivity index (χ2n) is 6.18. The standard InChI is InChI=1S/C18H32N4O2/c1-5-7-9-15(6-2)12-19-18(21-14-17(23)22(3)4)20-13-16-10-8-11-24-16/h8,10-11,15H,5-7,9,12-14H2,1-4H3,(H2,19,20,21). The van der Waals surface area contributed by atoms with E-state index in [1.165, 1.54) is 19.3 Å². The summed E-state index contributed by atoms with van der Waals surface area (Å²) in [5.41, 5.74) is 0. The van der Waals surface area contributed by atoms with E-state index in [-0.39, 0.29) is 12.5 Å². The van der Waals surface area contributed by atoms with E-state index in [2.05, 4.69) is 29.5 Å². The van der Waals surface area contributed by atoms with E-state index in [0.717, 1.165) is 18.7 Å². The fourth-order valence-corrected chi connectivity index (χ4v) is 2.23. The predicted octanol–water partition coefficient (Wildman–Crippen LogP) is 2.62. The Morgan fingerprint density at radius 1 is 1.33 bits per heavy atom. The van der Waals surface area contributed by atoms with E-state index in [4.69, 9.17) is 4.42 Å². The summed E-state index contributed by atoms with van der Waals surface area (Å²) >= 11 is 0. The van der Waals surface area contributed by atoms with Gasteiger partial charge in [-0.15, -0.1) is 0 Å². The van der Waals surface area contributed by atoms with Gasteiger partial charge in [0, 0.05) is 20.6 Å². The molecule has 1 unspecified atom stereocenters. The third-order valence-corrected chi connectivity index (χ3v) is 3.98. The van der Waals surface area contributed by atoms with Crippen molar-refractivity contribution in [3.05, 3.63) is 24.2 Å². The van der Waals surface area contributed by atoms with Crippen molar-refractivity contribution < 1.29 is 9.21 Å². The smallest absolute Gasteiger partial charge is 0.243 e. The SMILES string of the molecule is CCCCC(CC)CNC(=NCC(=O)N(C)C)NCc1ccco1. The van der Waals surface area contributed by atoms with Crippen LogP contribution in [0.25, 0.3) is 0 Å². The lowest BCUT2D eigenvalue weighted by atomic mass is 9.99. The van der Waals surface area contributed by atoms with Crippen LogP contribution < -0.4 is 10.6 Å². The van der Waals surface area contributed by atoms with Crippen LogP contribution in [0.2, 0.25) is 0 Å². The molecule has 1 rings (SSSR count). The zero-order valence-electron chi connectivity index (χ0n) is 15.5. The van der Waals surface area contributed by atoms with Gasteiger partial charge >= 0.3 is 0 Å². The van der Waals surface area contributed by atoms with Gasteiger partial charge in [-0.2, -0.15) is 0 Å². The number of aliphatic imine (C=N–C) groups is 1. The first-order valence-corrected chi connectivity index (χ1v) is 8.81. The molecule has 1 heterocycles. The van der Waals surface area contributed by atoms with Crippen LogP contribution in [0.5, 0.6) is 0 Å². The molecule has 6 heteroatoms. The van der Waals surface area contributed by atoms with Crippen molar-refractivity contribution in [1.82, 2.24) is 15.5 Å². The normalized spacial score (nSPS) is 12.8. The number of unbranched alkanes of at least 4 members (excludes halogenated alkanes) is 1. The maximum absolute atomic E-state index is 11.8. The van der Waals surface area contributed by atoms with Crippen LogP contribution in [0.3, 0.4) is 0 Å². The summed E-state index contributed by atoms with van der Waals surface area (Å²) in [4.78, 5) is 17.7. The van der Waals surface area contributed by atoms with Gasteiger partial charge in [0.15, 0.2) is 5.96 Å². The average Bonchev–Trinajstić information content (AvgIpc) is 3.09. The Morgan fingerprint density at radius 2 is 2.12 bits per heavy atom. The Labute approximate surface area is 145 Å². The molecular weight excluding hydrogens is 304 g/mol. The zero-order chi connectivity index (χ0) is 17.8. The minimum atomic E-state index is -0.0212. The highest BCUT2D eigenvalue weighted by Crippen LogP contribution is 2.11. The van der Waals surface area contributed by atoms with Gasteiger partial charge in [-0.05, 0) is 24.5 Å². The number of nitrogens with zero attached hydrogens (tertiary/aromatic N) is 2. The number of carbonyl (C=O) groups excluding carboxylic acids is 1. The Kier molecular flexibility index (Phi) is 9.65. The number of nitrogens with one attached hydrogen (secondary N) is 2. The quantitative estimate of drug-likeness (QED) is 0.509. The number of guanidine groups is 1. The Balaban J connectivity index is 2.58. The highest BCUT2D eigenvalue weighted by molar-refractivity contribution is 5.84. The zero-order valence-corrected chi connectivity index (χ0v) is 15.5. The lowest BCUT2D eigenvalue weighted by Gasteiger charge is -2.18. The Bertz CT molecular complexity index is 483. The van der Waals surface area contributed by atoms with E-state index in [9.17, 15) is 4.79 Å². The van der Waals surface area contributed by atoms with Crippen LogP contribution in [0.15, 0.2) is 27.8 Å². The Hall–Kier alpha value is -1.98. The van der Waals surface area contributed by atoms with Crippen molar-refractivity contribution in [3.63, 3.8) is 0 Å². The topological polar surface area (TPSA) is 69.9 Å². The molecule has 0 aliphatic carbocycles. The molecule has 2 N–H and O–H groups in total. The molecule has 0 bridgehead atoms. The van der Waals surface area contributed by atoms with Gasteiger partial charge in [-0.1, -0.05) is 33.1 Å². The van der Waals surface area contributed by atoms with Crippen molar-refractivity contribution in [2.75, 3.05) is 27.2 Å². The molecule has 0 aliphatic heterocycles. The maximum atomic E-state index is 11.8. The third kappa shape index (κ3) is 8.04. The van der Waals surface area contributed by atoms with Crippen molar-refractivity contribution in [2.24, 2.45) is 10.9 Å². The van der Waals surface area contributed by atoms with Gasteiger partial charge in [-0.25, -0.2) is 4.99 Å². The second kappa shape index (κ2) is 11.5. The number of hydrogen-bond acceptors (Lipinski definition) is 3. The molecule has 24 heavy (non-hydrogen) atoms. The molecule has 1 aromatic rings. The number of hydrogen-bond donors (Lipinski definition) is 2. The fourth-order valence-electron chi connectivity index (χ4n) is 2.23. The van der Waals surface area contributed by atoms with Crippen molar-refractivity contribution in [1.29, 1.82) is 0 Å². The van der Waals surface area contributed by atoms with Crippen molar-refractivity contribution in [3.8, 4) is 0 Å². The number of amides is 1. The van der Waals surface area contributed by atoms with E-state index in [1.54, 1.807) is 25.3 Å². The van der Waals surface area contributed by atoms with Crippen LogP contribution in [-0.4, -0.2) is 44.0 Å². The molecule has 6 nitrogen and oxygen atoms in total.